The molecular formula is C18H13FN2O5. The Bertz CT molecular complexity index is 939. The molecule has 0 amide bonds. The molecule has 1 aliphatic heterocycles. The summed E-state index contributed by atoms with van der Waals surface area (Å²) in [5.74, 6) is 0.966. The minimum atomic E-state index is -0.473. The van der Waals surface area contributed by atoms with Gasteiger partial charge in [0, 0.05) is 5.56 Å². The Morgan fingerprint density at radius 2 is 1.92 bits per heavy atom. The second-order valence-corrected chi connectivity index (χ2v) is 5.54. The Balaban J connectivity index is 1.36. The lowest BCUT2D eigenvalue weighted by molar-refractivity contribution is -0.144. The van der Waals surface area contributed by atoms with E-state index in [9.17, 15) is 9.18 Å². The van der Waals surface area contributed by atoms with Gasteiger partial charge in [-0.25, -0.2) is 4.39 Å². The molecule has 0 aliphatic carbocycles. The molecule has 1 aromatic heterocycles. The molecule has 0 atom stereocenters. The van der Waals surface area contributed by atoms with Crippen LogP contribution in [-0.2, 0) is 22.6 Å². The molecule has 2 heterocycles. The number of aromatic nitrogens is 2. The van der Waals surface area contributed by atoms with Gasteiger partial charge >= 0.3 is 5.97 Å². The first kappa shape index (κ1) is 16.1. The molecule has 0 saturated carbocycles. The molecule has 0 saturated heterocycles. The first-order valence-corrected chi connectivity index (χ1v) is 7.80. The number of fused-ring (bicyclic) bond motifs is 1. The molecule has 7 nitrogen and oxygen atoms in total. The Morgan fingerprint density at radius 3 is 2.77 bits per heavy atom. The largest absolute Gasteiger partial charge is 0.455 e. The fourth-order valence-electron chi connectivity index (χ4n) is 2.43. The van der Waals surface area contributed by atoms with Crippen molar-refractivity contribution >= 4 is 5.97 Å². The summed E-state index contributed by atoms with van der Waals surface area (Å²) in [5, 5.41) is 3.87. The highest BCUT2D eigenvalue weighted by atomic mass is 19.1. The number of hydrogen-bond acceptors (Lipinski definition) is 7. The summed E-state index contributed by atoms with van der Waals surface area (Å²) in [6, 6.07) is 10.9. The van der Waals surface area contributed by atoms with E-state index < -0.39 is 5.97 Å². The number of esters is 1. The molecule has 0 spiro atoms. The number of halogens is 1. The first-order valence-electron chi connectivity index (χ1n) is 7.80. The minimum Gasteiger partial charge on any atom is -0.455 e. The predicted molar refractivity (Wildman–Crippen MR) is 85.8 cm³/mol. The normalized spacial score (nSPS) is 12.2. The predicted octanol–water partition coefficient (Wildman–Crippen LogP) is 2.89. The molecule has 4 rings (SSSR count). The first-order chi connectivity index (χ1) is 12.7. The third-order valence-electron chi connectivity index (χ3n) is 3.72. The number of carbonyl (C=O) groups is 1. The van der Waals surface area contributed by atoms with E-state index in [0.717, 1.165) is 0 Å². The van der Waals surface area contributed by atoms with Crippen molar-refractivity contribution < 1.29 is 27.9 Å². The van der Waals surface area contributed by atoms with Gasteiger partial charge in [-0.2, -0.15) is 4.98 Å². The molecule has 132 valence electrons. The van der Waals surface area contributed by atoms with Crippen LogP contribution in [0.3, 0.4) is 0 Å². The van der Waals surface area contributed by atoms with Crippen molar-refractivity contribution in [2.45, 2.75) is 13.0 Å². The zero-order valence-electron chi connectivity index (χ0n) is 13.5. The summed E-state index contributed by atoms with van der Waals surface area (Å²) in [5.41, 5.74) is 1.35. The maximum Gasteiger partial charge on any atom is 0.310 e. The van der Waals surface area contributed by atoms with Crippen molar-refractivity contribution in [3.8, 4) is 22.9 Å². The van der Waals surface area contributed by atoms with E-state index in [1.54, 1.807) is 18.2 Å². The van der Waals surface area contributed by atoms with Crippen molar-refractivity contribution in [3.05, 3.63) is 59.7 Å². The number of benzene rings is 2. The Labute approximate surface area is 147 Å². The van der Waals surface area contributed by atoms with Gasteiger partial charge in [-0.05, 0) is 35.9 Å². The SMILES string of the molecule is O=C(Cc1ccc(F)cc1)OCc1nc(-c2ccc3c(c2)OCO3)no1. The van der Waals surface area contributed by atoms with Crippen molar-refractivity contribution in [1.29, 1.82) is 0 Å². The monoisotopic (exact) mass is 356 g/mol. The van der Waals surface area contributed by atoms with Gasteiger partial charge in [-0.3, -0.25) is 4.79 Å². The molecule has 0 bridgehead atoms. The van der Waals surface area contributed by atoms with Crippen molar-refractivity contribution in [2.24, 2.45) is 0 Å². The smallest absolute Gasteiger partial charge is 0.310 e. The highest BCUT2D eigenvalue weighted by Gasteiger charge is 2.17. The quantitative estimate of drug-likeness (QED) is 0.650. The van der Waals surface area contributed by atoms with E-state index >= 15 is 0 Å². The lowest BCUT2D eigenvalue weighted by Gasteiger charge is -2.02. The van der Waals surface area contributed by atoms with E-state index in [4.69, 9.17) is 18.7 Å². The van der Waals surface area contributed by atoms with Gasteiger partial charge in [0.1, 0.15) is 5.82 Å². The van der Waals surface area contributed by atoms with Crippen molar-refractivity contribution in [2.75, 3.05) is 6.79 Å². The highest BCUT2D eigenvalue weighted by molar-refractivity contribution is 5.72. The Morgan fingerprint density at radius 1 is 1.12 bits per heavy atom. The van der Waals surface area contributed by atoms with Crippen LogP contribution in [0, 0.1) is 5.82 Å². The number of nitrogens with zero attached hydrogens (tertiary/aromatic N) is 2. The molecular weight excluding hydrogens is 343 g/mol. The van der Waals surface area contributed by atoms with Crippen molar-refractivity contribution in [3.63, 3.8) is 0 Å². The van der Waals surface area contributed by atoms with E-state index in [1.807, 2.05) is 0 Å². The zero-order valence-corrected chi connectivity index (χ0v) is 13.5. The third-order valence-corrected chi connectivity index (χ3v) is 3.72. The summed E-state index contributed by atoms with van der Waals surface area (Å²) < 4.78 is 33.6. The fraction of sp³-hybridized carbons (Fsp3) is 0.167. The maximum absolute atomic E-state index is 12.9. The van der Waals surface area contributed by atoms with Crippen LogP contribution in [0.5, 0.6) is 11.5 Å². The molecule has 0 N–H and O–H groups in total. The maximum atomic E-state index is 12.9. The van der Waals surface area contributed by atoms with E-state index in [2.05, 4.69) is 10.1 Å². The van der Waals surface area contributed by atoms with Crippen molar-refractivity contribution in [1.82, 2.24) is 10.1 Å². The topological polar surface area (TPSA) is 83.7 Å². The van der Waals surface area contributed by atoms with E-state index in [1.165, 1.54) is 24.3 Å². The van der Waals surface area contributed by atoms with Crippen LogP contribution < -0.4 is 9.47 Å². The molecule has 1 aliphatic rings. The molecule has 8 heteroatoms. The summed E-state index contributed by atoms with van der Waals surface area (Å²) >= 11 is 0. The van der Waals surface area contributed by atoms with Gasteiger partial charge in [0.15, 0.2) is 18.1 Å². The summed E-state index contributed by atoms with van der Waals surface area (Å²) in [4.78, 5) is 16.0. The second kappa shape index (κ2) is 6.83. The average Bonchev–Trinajstić information content (AvgIpc) is 3.30. The highest BCUT2D eigenvalue weighted by Crippen LogP contribution is 2.35. The fourth-order valence-corrected chi connectivity index (χ4v) is 2.43. The van der Waals surface area contributed by atoms with E-state index in [0.29, 0.717) is 28.5 Å². The minimum absolute atomic E-state index is 0.0312. The van der Waals surface area contributed by atoms with Gasteiger partial charge in [0.25, 0.3) is 5.89 Å². The van der Waals surface area contributed by atoms with Gasteiger partial charge in [-0.1, -0.05) is 17.3 Å². The van der Waals surface area contributed by atoms with Crippen LogP contribution in [0.25, 0.3) is 11.4 Å². The molecule has 0 radical (unpaired) electrons. The number of carbonyl (C=O) groups excluding carboxylic acids is 1. The zero-order chi connectivity index (χ0) is 17.9. The molecule has 0 fully saturated rings. The third kappa shape index (κ3) is 3.49. The summed E-state index contributed by atoms with van der Waals surface area (Å²) in [7, 11) is 0. The van der Waals surface area contributed by atoms with Crippen LogP contribution in [0.1, 0.15) is 11.5 Å². The van der Waals surface area contributed by atoms with Crippen LogP contribution in [0.2, 0.25) is 0 Å². The molecule has 3 aromatic rings. The average molecular weight is 356 g/mol. The van der Waals surface area contributed by atoms with Crippen LogP contribution in [0.15, 0.2) is 47.0 Å². The number of rotatable bonds is 5. The molecule has 0 unspecified atom stereocenters. The summed E-state index contributed by atoms with van der Waals surface area (Å²) in [6.45, 7) is 0.0396. The van der Waals surface area contributed by atoms with Crippen LogP contribution in [0.4, 0.5) is 4.39 Å². The van der Waals surface area contributed by atoms with Crippen LogP contribution in [-0.4, -0.2) is 22.9 Å². The number of ether oxygens (including phenoxy) is 3. The van der Waals surface area contributed by atoms with Gasteiger partial charge in [0.05, 0.1) is 6.42 Å². The second-order valence-electron chi connectivity index (χ2n) is 5.54. The molecule has 2 aromatic carbocycles. The van der Waals surface area contributed by atoms with Gasteiger partial charge < -0.3 is 18.7 Å². The van der Waals surface area contributed by atoms with E-state index in [-0.39, 0.29) is 31.5 Å². The molecule has 26 heavy (non-hydrogen) atoms. The Hall–Kier alpha value is -3.42. The number of hydrogen-bond donors (Lipinski definition) is 0. The van der Waals surface area contributed by atoms with Gasteiger partial charge in [0.2, 0.25) is 12.6 Å². The van der Waals surface area contributed by atoms with Gasteiger partial charge in [-0.15, -0.1) is 0 Å². The lowest BCUT2D eigenvalue weighted by atomic mass is 10.1. The summed E-state index contributed by atoms with van der Waals surface area (Å²) in [6.07, 6.45) is 0.0312. The Kier molecular flexibility index (Phi) is 4.22. The van der Waals surface area contributed by atoms with Crippen LogP contribution >= 0.6 is 0 Å². The standard InChI is InChI=1S/C18H13FN2O5/c19-13-4-1-11(2-5-13)7-17(22)23-9-16-20-18(21-26-16)12-3-6-14-15(8-12)25-10-24-14/h1-6,8H,7,9-10H2. The lowest BCUT2D eigenvalue weighted by Crippen LogP contribution is -2.08.